The van der Waals surface area contributed by atoms with Crippen LogP contribution < -0.4 is 10.1 Å². The molecule has 96 valence electrons. The number of likely N-dealkylation sites (N-methyl/N-ethyl adjacent to an activating group) is 1. The highest BCUT2D eigenvalue weighted by molar-refractivity contribution is 6.30. The third kappa shape index (κ3) is 4.81. The van der Waals surface area contributed by atoms with Crippen LogP contribution in [-0.4, -0.2) is 33.3 Å². The van der Waals surface area contributed by atoms with Crippen LogP contribution in [0.4, 0.5) is 0 Å². The van der Waals surface area contributed by atoms with E-state index in [1.807, 2.05) is 7.05 Å². The Labute approximate surface area is 112 Å². The SMILES string of the molecule is CNCCOc1cc(Cl)ccc1C(=O)OC.Cl. The average molecular weight is 280 g/mol. The Morgan fingerprint density at radius 2 is 2.18 bits per heavy atom. The van der Waals surface area contributed by atoms with Crippen molar-refractivity contribution in [3.8, 4) is 5.75 Å². The van der Waals surface area contributed by atoms with E-state index in [-0.39, 0.29) is 12.4 Å². The van der Waals surface area contributed by atoms with E-state index in [2.05, 4.69) is 10.1 Å². The lowest BCUT2D eigenvalue weighted by atomic mass is 10.2. The predicted octanol–water partition coefficient (Wildman–Crippen LogP) is 2.15. The van der Waals surface area contributed by atoms with E-state index >= 15 is 0 Å². The molecule has 0 unspecified atom stereocenters. The van der Waals surface area contributed by atoms with Crippen molar-refractivity contribution in [1.29, 1.82) is 0 Å². The number of esters is 1. The van der Waals surface area contributed by atoms with Crippen LogP contribution in [0.15, 0.2) is 18.2 Å². The van der Waals surface area contributed by atoms with Crippen molar-refractivity contribution in [2.45, 2.75) is 0 Å². The fraction of sp³-hybridized carbons (Fsp3) is 0.364. The van der Waals surface area contributed by atoms with Gasteiger partial charge in [0, 0.05) is 11.6 Å². The summed E-state index contributed by atoms with van der Waals surface area (Å²) in [6.45, 7) is 1.15. The van der Waals surface area contributed by atoms with Gasteiger partial charge in [-0.15, -0.1) is 12.4 Å². The summed E-state index contributed by atoms with van der Waals surface area (Å²) in [6, 6.07) is 4.81. The molecule has 0 aliphatic carbocycles. The molecule has 17 heavy (non-hydrogen) atoms. The van der Waals surface area contributed by atoms with Crippen LogP contribution in [0.3, 0.4) is 0 Å². The van der Waals surface area contributed by atoms with Gasteiger partial charge in [-0.3, -0.25) is 0 Å². The summed E-state index contributed by atoms with van der Waals surface area (Å²) in [4.78, 5) is 11.4. The van der Waals surface area contributed by atoms with E-state index in [1.54, 1.807) is 18.2 Å². The van der Waals surface area contributed by atoms with Gasteiger partial charge >= 0.3 is 5.97 Å². The van der Waals surface area contributed by atoms with Gasteiger partial charge < -0.3 is 14.8 Å². The molecule has 0 spiro atoms. The van der Waals surface area contributed by atoms with Gasteiger partial charge in [-0.25, -0.2) is 4.79 Å². The summed E-state index contributed by atoms with van der Waals surface area (Å²) in [7, 11) is 3.15. The summed E-state index contributed by atoms with van der Waals surface area (Å²) >= 11 is 5.83. The van der Waals surface area contributed by atoms with Gasteiger partial charge in [0.15, 0.2) is 0 Å². The smallest absolute Gasteiger partial charge is 0.341 e. The second-order valence-corrected chi connectivity index (χ2v) is 3.52. The van der Waals surface area contributed by atoms with Gasteiger partial charge in [-0.05, 0) is 25.2 Å². The second-order valence-electron chi connectivity index (χ2n) is 3.08. The molecule has 0 amide bonds. The summed E-state index contributed by atoms with van der Waals surface area (Å²) in [5.74, 6) is 0.00530. The molecule has 0 atom stereocenters. The number of methoxy groups -OCH3 is 1. The molecule has 1 aromatic rings. The first kappa shape index (κ1) is 16.0. The lowest BCUT2D eigenvalue weighted by molar-refractivity contribution is 0.0596. The third-order valence-electron chi connectivity index (χ3n) is 1.96. The molecule has 4 nitrogen and oxygen atoms in total. The predicted molar refractivity (Wildman–Crippen MR) is 69.5 cm³/mol. The van der Waals surface area contributed by atoms with Crippen molar-refractivity contribution in [3.05, 3.63) is 28.8 Å². The summed E-state index contributed by atoms with van der Waals surface area (Å²) < 4.78 is 10.1. The highest BCUT2D eigenvalue weighted by Gasteiger charge is 2.13. The summed E-state index contributed by atoms with van der Waals surface area (Å²) in [6.07, 6.45) is 0. The molecule has 0 radical (unpaired) electrons. The van der Waals surface area contributed by atoms with Crippen LogP contribution in [0, 0.1) is 0 Å². The Balaban J connectivity index is 0.00000256. The zero-order valence-electron chi connectivity index (χ0n) is 9.66. The molecule has 1 aromatic carbocycles. The summed E-state index contributed by atoms with van der Waals surface area (Å²) in [5.41, 5.74) is 0.378. The minimum Gasteiger partial charge on any atom is -0.491 e. The Kier molecular flexibility index (Phi) is 7.70. The number of halogens is 2. The lowest BCUT2D eigenvalue weighted by Crippen LogP contribution is -2.17. The number of carbonyl (C=O) groups excluding carboxylic acids is 1. The van der Waals surface area contributed by atoms with Crippen LogP contribution in [-0.2, 0) is 4.74 Å². The van der Waals surface area contributed by atoms with E-state index in [1.165, 1.54) is 7.11 Å². The quantitative estimate of drug-likeness (QED) is 0.663. The van der Waals surface area contributed by atoms with Crippen LogP contribution in [0.25, 0.3) is 0 Å². The lowest BCUT2D eigenvalue weighted by Gasteiger charge is -2.10. The van der Waals surface area contributed by atoms with E-state index in [4.69, 9.17) is 16.3 Å². The standard InChI is InChI=1S/C11H14ClNO3.ClH/c1-13-5-6-16-10-7-8(12)3-4-9(10)11(14)15-2;/h3-4,7,13H,5-6H2,1-2H3;1H. The first-order chi connectivity index (χ1) is 7.69. The number of rotatable bonds is 5. The Morgan fingerprint density at radius 3 is 2.76 bits per heavy atom. The van der Waals surface area contributed by atoms with Crippen molar-refractivity contribution in [2.75, 3.05) is 27.3 Å². The van der Waals surface area contributed by atoms with Crippen LogP contribution in [0.1, 0.15) is 10.4 Å². The molecular weight excluding hydrogens is 265 g/mol. The molecule has 0 saturated heterocycles. The molecule has 1 N–H and O–H groups in total. The molecule has 0 aromatic heterocycles. The molecule has 0 fully saturated rings. The van der Waals surface area contributed by atoms with Gasteiger partial charge in [0.1, 0.15) is 17.9 Å². The Bertz CT molecular complexity index is 372. The van der Waals surface area contributed by atoms with Crippen molar-refractivity contribution in [3.63, 3.8) is 0 Å². The summed E-state index contributed by atoms with van der Waals surface area (Å²) in [5, 5.41) is 3.46. The van der Waals surface area contributed by atoms with Crippen molar-refractivity contribution < 1.29 is 14.3 Å². The van der Waals surface area contributed by atoms with Crippen LogP contribution >= 0.6 is 24.0 Å². The van der Waals surface area contributed by atoms with Gasteiger partial charge in [-0.1, -0.05) is 11.6 Å². The van der Waals surface area contributed by atoms with E-state index < -0.39 is 5.97 Å². The normalized spacial score (nSPS) is 9.35. The molecule has 6 heteroatoms. The van der Waals surface area contributed by atoms with Gasteiger partial charge in [0.25, 0.3) is 0 Å². The third-order valence-corrected chi connectivity index (χ3v) is 2.19. The van der Waals surface area contributed by atoms with Crippen molar-refractivity contribution in [1.82, 2.24) is 5.32 Å². The number of ether oxygens (including phenoxy) is 2. The molecular formula is C11H15Cl2NO3. The maximum Gasteiger partial charge on any atom is 0.341 e. The van der Waals surface area contributed by atoms with Crippen LogP contribution in [0.2, 0.25) is 5.02 Å². The number of benzene rings is 1. The average Bonchev–Trinajstić information content (AvgIpc) is 2.29. The second kappa shape index (κ2) is 8.17. The molecule has 0 aliphatic heterocycles. The van der Waals surface area contributed by atoms with E-state index in [9.17, 15) is 4.79 Å². The van der Waals surface area contributed by atoms with Crippen molar-refractivity contribution in [2.24, 2.45) is 0 Å². The first-order valence-corrected chi connectivity index (χ1v) is 5.22. The van der Waals surface area contributed by atoms with Gasteiger partial charge in [-0.2, -0.15) is 0 Å². The number of hydrogen-bond donors (Lipinski definition) is 1. The van der Waals surface area contributed by atoms with Crippen molar-refractivity contribution >= 4 is 30.0 Å². The highest BCUT2D eigenvalue weighted by atomic mass is 35.5. The van der Waals surface area contributed by atoms with Crippen LogP contribution in [0.5, 0.6) is 5.75 Å². The number of nitrogens with one attached hydrogen (secondary N) is 1. The van der Waals surface area contributed by atoms with Gasteiger partial charge in [0.2, 0.25) is 0 Å². The Hall–Kier alpha value is -0.970. The minimum absolute atomic E-state index is 0. The topological polar surface area (TPSA) is 47.6 Å². The largest absolute Gasteiger partial charge is 0.491 e. The maximum atomic E-state index is 11.4. The number of carbonyl (C=O) groups is 1. The fourth-order valence-electron chi connectivity index (χ4n) is 1.16. The molecule has 0 heterocycles. The molecule has 1 rings (SSSR count). The maximum absolute atomic E-state index is 11.4. The van der Waals surface area contributed by atoms with E-state index in [0.29, 0.717) is 29.5 Å². The molecule has 0 bridgehead atoms. The molecule has 0 aliphatic rings. The first-order valence-electron chi connectivity index (χ1n) is 4.84. The molecule has 0 saturated carbocycles. The Morgan fingerprint density at radius 1 is 1.47 bits per heavy atom. The zero-order chi connectivity index (χ0) is 12.0. The number of hydrogen-bond acceptors (Lipinski definition) is 4. The monoisotopic (exact) mass is 279 g/mol. The van der Waals surface area contributed by atoms with E-state index in [0.717, 1.165) is 0 Å². The van der Waals surface area contributed by atoms with Gasteiger partial charge in [0.05, 0.1) is 7.11 Å². The zero-order valence-corrected chi connectivity index (χ0v) is 11.2. The fourth-order valence-corrected chi connectivity index (χ4v) is 1.32. The highest BCUT2D eigenvalue weighted by Crippen LogP contribution is 2.23. The minimum atomic E-state index is -0.434.